The topological polar surface area (TPSA) is 64.7 Å². The molecule has 2 atom stereocenters. The number of carbonyl (C=O) groups is 1. The second-order valence-electron chi connectivity index (χ2n) is 4.32. The molecule has 0 N–H and O–H groups in total. The average molecular weight is 224 g/mol. The Bertz CT molecular complexity index is 507. The summed E-state index contributed by atoms with van der Waals surface area (Å²) in [7, 11) is 0. The van der Waals surface area contributed by atoms with E-state index in [1.54, 1.807) is 24.3 Å². The highest BCUT2D eigenvalue weighted by molar-refractivity contribution is 6.01. The van der Waals surface area contributed by atoms with E-state index < -0.39 is 11.3 Å². The number of nitriles is 2. The molecule has 0 bridgehead atoms. The molecule has 0 unspecified atom stereocenters. The minimum atomic E-state index is -1.10. The molecule has 0 radical (unpaired) electrons. The average Bonchev–Trinajstić information content (AvgIpc) is 3.07. The van der Waals surface area contributed by atoms with Crippen molar-refractivity contribution in [2.75, 3.05) is 0 Å². The van der Waals surface area contributed by atoms with Crippen molar-refractivity contribution in [2.24, 2.45) is 17.3 Å². The first-order chi connectivity index (χ1) is 8.21. The van der Waals surface area contributed by atoms with Crippen LogP contribution in [0.1, 0.15) is 23.7 Å². The minimum absolute atomic E-state index is 0.0828. The number of hydrogen-bond donors (Lipinski definition) is 0. The van der Waals surface area contributed by atoms with E-state index in [9.17, 15) is 4.79 Å². The first-order valence-corrected chi connectivity index (χ1v) is 5.63. The lowest BCUT2D eigenvalue weighted by Gasteiger charge is -1.98. The van der Waals surface area contributed by atoms with Gasteiger partial charge in [0.15, 0.2) is 11.2 Å². The molecular weight excluding hydrogens is 212 g/mol. The predicted octanol–water partition coefficient (Wildman–Crippen LogP) is 2.56. The smallest absolute Gasteiger partial charge is 0.168 e. The van der Waals surface area contributed by atoms with Crippen LogP contribution in [-0.4, -0.2) is 5.78 Å². The van der Waals surface area contributed by atoms with Crippen molar-refractivity contribution in [3.8, 4) is 12.1 Å². The zero-order valence-electron chi connectivity index (χ0n) is 9.55. The van der Waals surface area contributed by atoms with Crippen LogP contribution in [0.3, 0.4) is 0 Å². The van der Waals surface area contributed by atoms with Crippen LogP contribution in [0.2, 0.25) is 0 Å². The van der Waals surface area contributed by atoms with Gasteiger partial charge in [-0.05, 0) is 6.42 Å². The van der Waals surface area contributed by atoms with Crippen molar-refractivity contribution in [1.82, 2.24) is 0 Å². The highest BCUT2D eigenvalue weighted by atomic mass is 16.1. The van der Waals surface area contributed by atoms with E-state index in [-0.39, 0.29) is 11.7 Å². The number of benzene rings is 1. The summed E-state index contributed by atoms with van der Waals surface area (Å²) in [6, 6.07) is 12.9. The molecule has 3 nitrogen and oxygen atoms in total. The SMILES string of the molecule is CC[C@H]1[C@H](C(=O)c2ccccc2)C1(C#N)C#N. The predicted molar refractivity (Wildman–Crippen MR) is 61.7 cm³/mol. The van der Waals surface area contributed by atoms with E-state index in [4.69, 9.17) is 10.5 Å². The van der Waals surface area contributed by atoms with E-state index in [0.29, 0.717) is 12.0 Å². The van der Waals surface area contributed by atoms with Gasteiger partial charge in [-0.25, -0.2) is 0 Å². The maximum Gasteiger partial charge on any atom is 0.168 e. The van der Waals surface area contributed by atoms with Crippen LogP contribution in [0.25, 0.3) is 0 Å². The van der Waals surface area contributed by atoms with Crippen molar-refractivity contribution in [3.05, 3.63) is 35.9 Å². The summed E-state index contributed by atoms with van der Waals surface area (Å²) in [5, 5.41) is 18.2. The van der Waals surface area contributed by atoms with Gasteiger partial charge < -0.3 is 0 Å². The molecular formula is C14H12N2O. The quantitative estimate of drug-likeness (QED) is 0.741. The van der Waals surface area contributed by atoms with Crippen molar-refractivity contribution in [3.63, 3.8) is 0 Å². The fourth-order valence-corrected chi connectivity index (χ4v) is 2.52. The van der Waals surface area contributed by atoms with Crippen LogP contribution >= 0.6 is 0 Å². The van der Waals surface area contributed by atoms with Gasteiger partial charge in [0.1, 0.15) is 0 Å². The Morgan fingerprint density at radius 3 is 2.29 bits per heavy atom. The largest absolute Gasteiger partial charge is 0.294 e. The first kappa shape index (κ1) is 11.4. The third-order valence-electron chi connectivity index (χ3n) is 3.52. The molecule has 0 saturated heterocycles. The number of rotatable bonds is 3. The van der Waals surface area contributed by atoms with Gasteiger partial charge in [-0.2, -0.15) is 10.5 Å². The van der Waals surface area contributed by atoms with Gasteiger partial charge in [0.05, 0.1) is 18.1 Å². The summed E-state index contributed by atoms with van der Waals surface area (Å²) >= 11 is 0. The summed E-state index contributed by atoms with van der Waals surface area (Å²) in [6.07, 6.45) is 0.685. The normalized spacial score (nSPS) is 24.4. The Labute approximate surface area is 100 Å². The highest BCUT2D eigenvalue weighted by Crippen LogP contribution is 2.60. The molecule has 1 aromatic rings. The lowest BCUT2D eigenvalue weighted by atomic mass is 10.0. The second kappa shape index (κ2) is 4.03. The van der Waals surface area contributed by atoms with Gasteiger partial charge in [-0.15, -0.1) is 0 Å². The summed E-state index contributed by atoms with van der Waals surface area (Å²) in [6.45, 7) is 1.91. The molecule has 0 aliphatic heterocycles. The molecule has 17 heavy (non-hydrogen) atoms. The van der Waals surface area contributed by atoms with Gasteiger partial charge >= 0.3 is 0 Å². The van der Waals surface area contributed by atoms with Crippen LogP contribution < -0.4 is 0 Å². The Hall–Kier alpha value is -2.13. The maximum atomic E-state index is 12.2. The fraction of sp³-hybridized carbons (Fsp3) is 0.357. The molecule has 1 saturated carbocycles. The molecule has 1 aromatic carbocycles. The molecule has 1 aliphatic carbocycles. The third-order valence-corrected chi connectivity index (χ3v) is 3.52. The van der Waals surface area contributed by atoms with E-state index in [2.05, 4.69) is 0 Å². The zero-order chi connectivity index (χ0) is 12.5. The molecule has 0 aromatic heterocycles. The molecule has 0 spiro atoms. The number of Topliss-reactive ketones (excluding diaryl/α,β-unsaturated/α-hetero) is 1. The molecule has 1 aliphatic rings. The maximum absolute atomic E-state index is 12.2. The fourth-order valence-electron chi connectivity index (χ4n) is 2.52. The first-order valence-electron chi connectivity index (χ1n) is 5.63. The number of nitrogens with zero attached hydrogens (tertiary/aromatic N) is 2. The Morgan fingerprint density at radius 2 is 1.88 bits per heavy atom. The second-order valence-corrected chi connectivity index (χ2v) is 4.32. The summed E-state index contributed by atoms with van der Waals surface area (Å²) in [5.41, 5.74) is -0.509. The summed E-state index contributed by atoms with van der Waals surface area (Å²) in [4.78, 5) is 12.2. The zero-order valence-corrected chi connectivity index (χ0v) is 9.55. The van der Waals surface area contributed by atoms with Crippen LogP contribution in [0.5, 0.6) is 0 Å². The van der Waals surface area contributed by atoms with E-state index in [0.717, 1.165) is 0 Å². The van der Waals surface area contributed by atoms with Gasteiger partial charge in [-0.3, -0.25) is 4.79 Å². The molecule has 0 amide bonds. The Balaban J connectivity index is 2.30. The number of ketones is 1. The lowest BCUT2D eigenvalue weighted by molar-refractivity contribution is 0.0954. The van der Waals surface area contributed by atoms with Crippen molar-refractivity contribution in [2.45, 2.75) is 13.3 Å². The van der Waals surface area contributed by atoms with Crippen LogP contribution in [0, 0.1) is 39.9 Å². The van der Waals surface area contributed by atoms with E-state index in [1.165, 1.54) is 0 Å². The summed E-state index contributed by atoms with van der Waals surface area (Å²) < 4.78 is 0. The Kier molecular flexibility index (Phi) is 2.69. The van der Waals surface area contributed by atoms with Gasteiger partial charge in [0.25, 0.3) is 0 Å². The van der Waals surface area contributed by atoms with E-state index >= 15 is 0 Å². The summed E-state index contributed by atoms with van der Waals surface area (Å²) in [5.74, 6) is -0.657. The van der Waals surface area contributed by atoms with Gasteiger partial charge in [0.2, 0.25) is 0 Å². The molecule has 1 fully saturated rings. The van der Waals surface area contributed by atoms with Crippen LogP contribution in [0.4, 0.5) is 0 Å². The van der Waals surface area contributed by atoms with Crippen LogP contribution in [0.15, 0.2) is 30.3 Å². The molecule has 84 valence electrons. The third kappa shape index (κ3) is 1.52. The van der Waals surface area contributed by atoms with Crippen LogP contribution in [-0.2, 0) is 0 Å². The van der Waals surface area contributed by atoms with Gasteiger partial charge in [0, 0.05) is 11.5 Å². The van der Waals surface area contributed by atoms with E-state index in [1.807, 2.05) is 25.1 Å². The van der Waals surface area contributed by atoms with Gasteiger partial charge in [-0.1, -0.05) is 37.3 Å². The monoisotopic (exact) mass is 224 g/mol. The number of carbonyl (C=O) groups excluding carboxylic acids is 1. The number of hydrogen-bond acceptors (Lipinski definition) is 3. The molecule has 3 heteroatoms. The standard InChI is InChI=1S/C14H12N2O/c1-2-11-12(14(11,8-15)9-16)13(17)10-6-4-3-5-7-10/h3-7,11-12H,2H2,1H3/t11-,12+/m0/s1. The Morgan fingerprint density at radius 1 is 1.29 bits per heavy atom. The van der Waals surface area contributed by atoms with Crippen molar-refractivity contribution >= 4 is 5.78 Å². The lowest BCUT2D eigenvalue weighted by Crippen LogP contribution is -2.08. The highest BCUT2D eigenvalue weighted by Gasteiger charge is 2.68. The minimum Gasteiger partial charge on any atom is -0.294 e. The molecule has 2 rings (SSSR count). The molecule has 0 heterocycles. The van der Waals surface area contributed by atoms with Crippen molar-refractivity contribution in [1.29, 1.82) is 10.5 Å². The van der Waals surface area contributed by atoms with Crippen molar-refractivity contribution < 1.29 is 4.79 Å².